The Kier molecular flexibility index (Phi) is 3.73. The van der Waals surface area contributed by atoms with E-state index in [2.05, 4.69) is 9.97 Å². The van der Waals surface area contributed by atoms with Gasteiger partial charge in [-0.05, 0) is 12.8 Å². The van der Waals surface area contributed by atoms with Gasteiger partial charge in [0.1, 0.15) is 5.82 Å². The van der Waals surface area contributed by atoms with Crippen molar-refractivity contribution in [1.82, 2.24) is 9.97 Å². The number of aromatic amines is 1. The summed E-state index contributed by atoms with van der Waals surface area (Å²) >= 11 is 0. The number of aliphatic carboxylic acids is 1. The van der Waals surface area contributed by atoms with Crippen LogP contribution in [0.1, 0.15) is 69.8 Å². The number of imidazole rings is 1. The lowest BCUT2D eigenvalue weighted by molar-refractivity contribution is -0.138. The first kappa shape index (κ1) is 13.1. The lowest BCUT2D eigenvalue weighted by Crippen LogP contribution is -2.23. The van der Waals surface area contributed by atoms with Crippen LogP contribution in [0.25, 0.3) is 0 Å². The van der Waals surface area contributed by atoms with Gasteiger partial charge in [0.25, 0.3) is 0 Å². The molecule has 0 radical (unpaired) electrons. The second-order valence-electron chi connectivity index (χ2n) is 5.98. The first-order valence-electron chi connectivity index (χ1n) is 6.76. The van der Waals surface area contributed by atoms with E-state index in [4.69, 9.17) is 5.11 Å². The quantitative estimate of drug-likeness (QED) is 0.862. The van der Waals surface area contributed by atoms with Crippen LogP contribution < -0.4 is 0 Å². The van der Waals surface area contributed by atoms with Gasteiger partial charge in [-0.1, -0.05) is 33.1 Å². The van der Waals surface area contributed by atoms with Crippen molar-refractivity contribution in [2.75, 3.05) is 0 Å². The molecule has 0 bridgehead atoms. The standard InChI is InChI=1S/C14H22N2O2/c1-14(2,8-12(17)18)13-15-9-11(16-13)10-6-4-3-5-7-10/h9-10H,3-8H2,1-2H3,(H,15,16)(H,17,18). The SMILES string of the molecule is CC(C)(CC(=O)O)c1ncc(C2CCCCC2)[nH]1. The highest BCUT2D eigenvalue weighted by Crippen LogP contribution is 2.33. The van der Waals surface area contributed by atoms with Crippen molar-refractivity contribution >= 4 is 5.97 Å². The highest BCUT2D eigenvalue weighted by atomic mass is 16.4. The Morgan fingerprint density at radius 2 is 2.11 bits per heavy atom. The van der Waals surface area contributed by atoms with Gasteiger partial charge in [0.05, 0.1) is 6.42 Å². The molecule has 4 nitrogen and oxygen atoms in total. The van der Waals surface area contributed by atoms with Crippen LogP contribution in [0.5, 0.6) is 0 Å². The summed E-state index contributed by atoms with van der Waals surface area (Å²) in [6.45, 7) is 3.84. The number of carbonyl (C=O) groups is 1. The fraction of sp³-hybridized carbons (Fsp3) is 0.714. The molecule has 2 N–H and O–H groups in total. The van der Waals surface area contributed by atoms with Crippen molar-refractivity contribution < 1.29 is 9.90 Å². The number of H-pyrrole nitrogens is 1. The summed E-state index contributed by atoms with van der Waals surface area (Å²) in [7, 11) is 0. The Bertz CT molecular complexity index is 417. The molecule has 0 atom stereocenters. The third-order valence-electron chi connectivity index (χ3n) is 3.87. The van der Waals surface area contributed by atoms with Crippen LogP contribution in [-0.2, 0) is 10.2 Å². The zero-order chi connectivity index (χ0) is 13.2. The molecule has 0 saturated heterocycles. The first-order chi connectivity index (χ1) is 8.49. The number of nitrogens with one attached hydrogen (secondary N) is 1. The van der Waals surface area contributed by atoms with E-state index in [0.29, 0.717) is 5.92 Å². The summed E-state index contributed by atoms with van der Waals surface area (Å²) in [6.07, 6.45) is 8.36. The van der Waals surface area contributed by atoms with Gasteiger partial charge in [-0.15, -0.1) is 0 Å². The summed E-state index contributed by atoms with van der Waals surface area (Å²) < 4.78 is 0. The summed E-state index contributed by atoms with van der Waals surface area (Å²) in [6, 6.07) is 0. The van der Waals surface area contributed by atoms with Gasteiger partial charge in [-0.2, -0.15) is 0 Å². The molecule has 18 heavy (non-hydrogen) atoms. The highest BCUT2D eigenvalue weighted by Gasteiger charge is 2.28. The molecule has 0 aliphatic heterocycles. The average molecular weight is 250 g/mol. The number of carboxylic acid groups (broad SMARTS) is 1. The molecule has 100 valence electrons. The number of nitrogens with zero attached hydrogens (tertiary/aromatic N) is 1. The van der Waals surface area contributed by atoms with Gasteiger partial charge in [0.2, 0.25) is 0 Å². The van der Waals surface area contributed by atoms with Crippen LogP contribution in [0.3, 0.4) is 0 Å². The maximum absolute atomic E-state index is 10.9. The minimum atomic E-state index is -0.782. The molecular formula is C14H22N2O2. The minimum Gasteiger partial charge on any atom is -0.481 e. The van der Waals surface area contributed by atoms with E-state index >= 15 is 0 Å². The van der Waals surface area contributed by atoms with E-state index in [9.17, 15) is 4.79 Å². The second kappa shape index (κ2) is 5.12. The molecule has 1 fully saturated rings. The average Bonchev–Trinajstić information content (AvgIpc) is 2.78. The third kappa shape index (κ3) is 2.92. The maximum atomic E-state index is 10.9. The zero-order valence-corrected chi connectivity index (χ0v) is 11.2. The maximum Gasteiger partial charge on any atom is 0.304 e. The summed E-state index contributed by atoms with van der Waals surface area (Å²) in [5, 5.41) is 8.92. The molecule has 2 rings (SSSR count). The molecular weight excluding hydrogens is 228 g/mol. The Morgan fingerprint density at radius 1 is 1.44 bits per heavy atom. The predicted molar refractivity (Wildman–Crippen MR) is 69.7 cm³/mol. The molecule has 1 aliphatic carbocycles. The molecule has 1 aromatic heterocycles. The molecule has 0 aromatic carbocycles. The Balaban J connectivity index is 2.11. The molecule has 0 spiro atoms. The van der Waals surface area contributed by atoms with Crippen molar-refractivity contribution in [3.05, 3.63) is 17.7 Å². The summed E-state index contributed by atoms with van der Waals surface area (Å²) in [5.41, 5.74) is 0.752. The molecule has 1 aliphatic rings. The van der Waals surface area contributed by atoms with E-state index in [-0.39, 0.29) is 6.42 Å². The molecule has 4 heteroatoms. The number of hydrogen-bond donors (Lipinski definition) is 2. The number of rotatable bonds is 4. The fourth-order valence-corrected chi connectivity index (χ4v) is 2.76. The minimum absolute atomic E-state index is 0.102. The zero-order valence-electron chi connectivity index (χ0n) is 11.2. The van der Waals surface area contributed by atoms with Crippen molar-refractivity contribution in [3.8, 4) is 0 Å². The second-order valence-corrected chi connectivity index (χ2v) is 5.98. The predicted octanol–water partition coefficient (Wildman–Crippen LogP) is 3.21. The van der Waals surface area contributed by atoms with Gasteiger partial charge in [-0.25, -0.2) is 4.98 Å². The lowest BCUT2D eigenvalue weighted by Gasteiger charge is -2.21. The molecule has 0 unspecified atom stereocenters. The Hall–Kier alpha value is -1.32. The van der Waals surface area contributed by atoms with E-state index in [1.165, 1.54) is 37.8 Å². The van der Waals surface area contributed by atoms with Gasteiger partial charge < -0.3 is 10.1 Å². The largest absolute Gasteiger partial charge is 0.481 e. The van der Waals surface area contributed by atoms with E-state index < -0.39 is 11.4 Å². The van der Waals surface area contributed by atoms with Crippen molar-refractivity contribution in [2.45, 2.75) is 63.7 Å². The van der Waals surface area contributed by atoms with Gasteiger partial charge in [0, 0.05) is 23.2 Å². The number of hydrogen-bond acceptors (Lipinski definition) is 2. The lowest BCUT2D eigenvalue weighted by atomic mass is 9.87. The fourth-order valence-electron chi connectivity index (χ4n) is 2.76. The highest BCUT2D eigenvalue weighted by molar-refractivity contribution is 5.68. The molecule has 0 amide bonds. The van der Waals surface area contributed by atoms with Gasteiger partial charge in [0.15, 0.2) is 0 Å². The smallest absolute Gasteiger partial charge is 0.304 e. The molecule has 1 saturated carbocycles. The number of aromatic nitrogens is 2. The van der Waals surface area contributed by atoms with Gasteiger partial charge in [-0.3, -0.25) is 4.79 Å². The number of carboxylic acids is 1. The van der Waals surface area contributed by atoms with Crippen LogP contribution >= 0.6 is 0 Å². The van der Waals surface area contributed by atoms with Gasteiger partial charge >= 0.3 is 5.97 Å². The van der Waals surface area contributed by atoms with Crippen LogP contribution in [0, 0.1) is 0 Å². The molecule has 1 heterocycles. The monoisotopic (exact) mass is 250 g/mol. The van der Waals surface area contributed by atoms with Crippen LogP contribution in [0.2, 0.25) is 0 Å². The van der Waals surface area contributed by atoms with E-state index in [1.54, 1.807) is 0 Å². The third-order valence-corrected chi connectivity index (χ3v) is 3.87. The normalized spacial score (nSPS) is 17.9. The first-order valence-corrected chi connectivity index (χ1v) is 6.76. The van der Waals surface area contributed by atoms with Crippen LogP contribution in [0.15, 0.2) is 6.20 Å². The van der Waals surface area contributed by atoms with Crippen molar-refractivity contribution in [2.24, 2.45) is 0 Å². The van der Waals surface area contributed by atoms with E-state index in [0.717, 1.165) is 5.82 Å². The van der Waals surface area contributed by atoms with E-state index in [1.807, 2.05) is 20.0 Å². The summed E-state index contributed by atoms with van der Waals surface area (Å²) in [4.78, 5) is 18.6. The van der Waals surface area contributed by atoms with Crippen molar-refractivity contribution in [3.63, 3.8) is 0 Å². The summed E-state index contributed by atoms with van der Waals surface area (Å²) in [5.74, 6) is 0.599. The van der Waals surface area contributed by atoms with Crippen LogP contribution in [-0.4, -0.2) is 21.0 Å². The van der Waals surface area contributed by atoms with Crippen molar-refractivity contribution in [1.29, 1.82) is 0 Å². The molecule has 1 aromatic rings. The Morgan fingerprint density at radius 3 is 2.72 bits per heavy atom. The van der Waals surface area contributed by atoms with Crippen LogP contribution in [0.4, 0.5) is 0 Å². The Labute approximate surface area is 108 Å². The topological polar surface area (TPSA) is 66.0 Å².